The molecule has 8 heteroatoms. The molecule has 3 aromatic carbocycles. The molecule has 7 nitrogen and oxygen atoms in total. The van der Waals surface area contributed by atoms with Crippen molar-refractivity contribution in [3.05, 3.63) is 84.4 Å². The second-order valence-corrected chi connectivity index (χ2v) is 8.99. The number of nitrogens with zero attached hydrogens (tertiary/aromatic N) is 1. The molecule has 31 heavy (non-hydrogen) atoms. The van der Waals surface area contributed by atoms with Crippen LogP contribution in [0.3, 0.4) is 0 Å². The van der Waals surface area contributed by atoms with E-state index in [0.29, 0.717) is 18.1 Å². The lowest BCUT2D eigenvalue weighted by atomic mass is 10.2. The standard InChI is InChI=1S/C23H24N2O5S/c1-25(2)31(27,28)22-11-7-6-10-21(22)24-23(26)17-30-20-14-12-19(13-15-20)29-16-18-8-4-3-5-9-18/h3-15H,16-17H2,1-2H3,(H,24,26). The third kappa shape index (κ3) is 6.07. The van der Waals surface area contributed by atoms with E-state index in [4.69, 9.17) is 9.47 Å². The number of hydrogen-bond acceptors (Lipinski definition) is 5. The molecular formula is C23H24N2O5S. The molecule has 0 aromatic heterocycles. The number of ether oxygens (including phenoxy) is 2. The van der Waals surface area contributed by atoms with Gasteiger partial charge in [-0.3, -0.25) is 4.79 Å². The smallest absolute Gasteiger partial charge is 0.262 e. The molecule has 0 fully saturated rings. The van der Waals surface area contributed by atoms with Gasteiger partial charge in [-0.1, -0.05) is 42.5 Å². The predicted octanol–water partition coefficient (Wildman–Crippen LogP) is 3.53. The van der Waals surface area contributed by atoms with Crippen LogP contribution in [0.1, 0.15) is 5.56 Å². The van der Waals surface area contributed by atoms with Crippen LogP contribution in [0.15, 0.2) is 83.8 Å². The molecule has 1 N–H and O–H groups in total. The highest BCUT2D eigenvalue weighted by Gasteiger charge is 2.21. The zero-order valence-electron chi connectivity index (χ0n) is 17.3. The summed E-state index contributed by atoms with van der Waals surface area (Å²) in [4.78, 5) is 12.3. The van der Waals surface area contributed by atoms with E-state index in [2.05, 4.69) is 5.32 Å². The van der Waals surface area contributed by atoms with Crippen molar-refractivity contribution in [3.63, 3.8) is 0 Å². The summed E-state index contributed by atoms with van der Waals surface area (Å²) in [6, 6.07) is 23.0. The maximum Gasteiger partial charge on any atom is 0.262 e. The van der Waals surface area contributed by atoms with E-state index in [0.717, 1.165) is 9.87 Å². The highest BCUT2D eigenvalue weighted by Crippen LogP contribution is 2.23. The molecule has 162 valence electrons. The molecule has 0 aliphatic heterocycles. The number of hydrogen-bond donors (Lipinski definition) is 1. The van der Waals surface area contributed by atoms with Crippen LogP contribution in [-0.4, -0.2) is 39.3 Å². The summed E-state index contributed by atoms with van der Waals surface area (Å²) < 4.78 is 37.2. The summed E-state index contributed by atoms with van der Waals surface area (Å²) in [5.74, 6) is 0.714. The van der Waals surface area contributed by atoms with E-state index in [1.165, 1.54) is 26.2 Å². The Balaban J connectivity index is 1.55. The van der Waals surface area contributed by atoms with Gasteiger partial charge in [-0.25, -0.2) is 12.7 Å². The number of nitrogens with one attached hydrogen (secondary N) is 1. The second kappa shape index (κ2) is 10.1. The van der Waals surface area contributed by atoms with Gasteiger partial charge in [0.1, 0.15) is 23.0 Å². The Morgan fingerprint density at radius 3 is 2.06 bits per heavy atom. The maximum absolute atomic E-state index is 12.4. The van der Waals surface area contributed by atoms with E-state index >= 15 is 0 Å². The zero-order valence-corrected chi connectivity index (χ0v) is 18.1. The number of amides is 1. The molecule has 0 aliphatic carbocycles. The third-order valence-corrected chi connectivity index (χ3v) is 6.24. The number of sulfonamides is 1. The first-order valence-corrected chi connectivity index (χ1v) is 11.0. The SMILES string of the molecule is CN(C)S(=O)(=O)c1ccccc1NC(=O)COc1ccc(OCc2ccccc2)cc1. The molecule has 1 amide bonds. The average Bonchev–Trinajstić information content (AvgIpc) is 2.78. The van der Waals surface area contributed by atoms with Gasteiger partial charge in [0.2, 0.25) is 10.0 Å². The van der Waals surface area contributed by atoms with Crippen LogP contribution < -0.4 is 14.8 Å². The van der Waals surface area contributed by atoms with Gasteiger partial charge in [0.15, 0.2) is 6.61 Å². The highest BCUT2D eigenvalue weighted by molar-refractivity contribution is 7.89. The van der Waals surface area contributed by atoms with Crippen molar-refractivity contribution in [2.45, 2.75) is 11.5 Å². The molecule has 0 aliphatic rings. The molecule has 0 saturated heterocycles. The van der Waals surface area contributed by atoms with Gasteiger partial charge < -0.3 is 14.8 Å². The normalized spacial score (nSPS) is 11.2. The predicted molar refractivity (Wildman–Crippen MR) is 119 cm³/mol. The minimum Gasteiger partial charge on any atom is -0.489 e. The number of para-hydroxylation sites is 1. The first-order chi connectivity index (χ1) is 14.9. The van der Waals surface area contributed by atoms with Gasteiger partial charge in [-0.2, -0.15) is 0 Å². The number of anilines is 1. The van der Waals surface area contributed by atoms with Crippen LogP contribution >= 0.6 is 0 Å². The minimum absolute atomic E-state index is 0.0215. The van der Waals surface area contributed by atoms with Crippen molar-refractivity contribution in [2.75, 3.05) is 26.0 Å². The van der Waals surface area contributed by atoms with E-state index in [1.807, 2.05) is 30.3 Å². The fourth-order valence-corrected chi connectivity index (χ4v) is 3.74. The number of carbonyl (C=O) groups is 1. The van der Waals surface area contributed by atoms with Crippen LogP contribution in [-0.2, 0) is 21.4 Å². The van der Waals surface area contributed by atoms with Crippen molar-refractivity contribution in [1.82, 2.24) is 4.31 Å². The van der Waals surface area contributed by atoms with E-state index in [1.54, 1.807) is 36.4 Å². The Bertz CT molecular complexity index is 1110. The first-order valence-electron chi connectivity index (χ1n) is 9.57. The Morgan fingerprint density at radius 1 is 0.839 bits per heavy atom. The lowest BCUT2D eigenvalue weighted by Crippen LogP contribution is -2.25. The molecule has 0 radical (unpaired) electrons. The van der Waals surface area contributed by atoms with Crippen LogP contribution in [0.5, 0.6) is 11.5 Å². The maximum atomic E-state index is 12.4. The first kappa shape index (κ1) is 22.3. The molecule has 0 unspecified atom stereocenters. The Morgan fingerprint density at radius 2 is 1.42 bits per heavy atom. The van der Waals surface area contributed by atoms with Crippen molar-refractivity contribution < 1.29 is 22.7 Å². The van der Waals surface area contributed by atoms with E-state index < -0.39 is 15.9 Å². The minimum atomic E-state index is -3.69. The van der Waals surface area contributed by atoms with Gasteiger partial charge in [-0.15, -0.1) is 0 Å². The molecule has 3 aromatic rings. The van der Waals surface area contributed by atoms with Gasteiger partial charge in [0.05, 0.1) is 5.69 Å². The Hall–Kier alpha value is -3.36. The summed E-state index contributed by atoms with van der Waals surface area (Å²) in [6.07, 6.45) is 0. The molecule has 0 bridgehead atoms. The van der Waals surface area contributed by atoms with Crippen LogP contribution in [0.25, 0.3) is 0 Å². The number of benzene rings is 3. The fraction of sp³-hybridized carbons (Fsp3) is 0.174. The molecular weight excluding hydrogens is 416 g/mol. The zero-order chi connectivity index (χ0) is 22.3. The summed E-state index contributed by atoms with van der Waals surface area (Å²) in [6.45, 7) is 0.194. The average molecular weight is 441 g/mol. The van der Waals surface area contributed by atoms with Gasteiger partial charge in [0, 0.05) is 14.1 Å². The van der Waals surface area contributed by atoms with Crippen LogP contribution in [0.2, 0.25) is 0 Å². The largest absolute Gasteiger partial charge is 0.489 e. The summed E-state index contributed by atoms with van der Waals surface area (Å²) in [5, 5.41) is 2.60. The molecule has 0 spiro atoms. The van der Waals surface area contributed by atoms with Crippen molar-refractivity contribution in [3.8, 4) is 11.5 Å². The summed E-state index contributed by atoms with van der Waals surface area (Å²) >= 11 is 0. The lowest BCUT2D eigenvalue weighted by molar-refractivity contribution is -0.118. The van der Waals surface area contributed by atoms with Gasteiger partial charge in [-0.05, 0) is 42.0 Å². The Labute approximate surface area is 182 Å². The monoisotopic (exact) mass is 440 g/mol. The fourth-order valence-electron chi connectivity index (χ4n) is 2.70. The number of carbonyl (C=O) groups excluding carboxylic acids is 1. The quantitative estimate of drug-likeness (QED) is 0.550. The second-order valence-electron chi connectivity index (χ2n) is 6.87. The molecule has 3 rings (SSSR count). The van der Waals surface area contributed by atoms with Gasteiger partial charge >= 0.3 is 0 Å². The van der Waals surface area contributed by atoms with Crippen molar-refractivity contribution >= 4 is 21.6 Å². The van der Waals surface area contributed by atoms with Crippen LogP contribution in [0, 0.1) is 0 Å². The summed E-state index contributed by atoms with van der Waals surface area (Å²) in [7, 11) is -0.817. The molecule has 0 atom stereocenters. The molecule has 0 saturated carbocycles. The van der Waals surface area contributed by atoms with Crippen LogP contribution in [0.4, 0.5) is 5.69 Å². The summed E-state index contributed by atoms with van der Waals surface area (Å²) in [5.41, 5.74) is 1.27. The number of rotatable bonds is 9. The van der Waals surface area contributed by atoms with Crippen molar-refractivity contribution in [2.24, 2.45) is 0 Å². The Kier molecular flexibility index (Phi) is 7.28. The third-order valence-electron chi connectivity index (χ3n) is 4.36. The van der Waals surface area contributed by atoms with E-state index in [9.17, 15) is 13.2 Å². The van der Waals surface area contributed by atoms with Gasteiger partial charge in [0.25, 0.3) is 5.91 Å². The topological polar surface area (TPSA) is 84.9 Å². The van der Waals surface area contributed by atoms with Crippen molar-refractivity contribution in [1.29, 1.82) is 0 Å². The lowest BCUT2D eigenvalue weighted by Gasteiger charge is -2.15. The van der Waals surface area contributed by atoms with E-state index in [-0.39, 0.29) is 17.2 Å². The molecule has 0 heterocycles. The highest BCUT2D eigenvalue weighted by atomic mass is 32.2.